The van der Waals surface area contributed by atoms with Gasteiger partial charge in [-0.25, -0.2) is 8.78 Å². The molecule has 0 radical (unpaired) electrons. The Morgan fingerprint density at radius 2 is 2.12 bits per heavy atom. The molecule has 0 saturated heterocycles. The summed E-state index contributed by atoms with van der Waals surface area (Å²) in [5.74, 6) is 0.336. The van der Waals surface area contributed by atoms with E-state index in [-0.39, 0.29) is 18.8 Å². The molecule has 0 amide bonds. The average molecular weight is 247 g/mol. The highest BCUT2D eigenvalue weighted by Crippen LogP contribution is 2.25. The van der Waals surface area contributed by atoms with Gasteiger partial charge in [0, 0.05) is 13.1 Å². The van der Waals surface area contributed by atoms with Gasteiger partial charge in [0.15, 0.2) is 11.5 Å². The number of nitrogens with one attached hydrogen (secondary N) is 1. The summed E-state index contributed by atoms with van der Waals surface area (Å²) in [5.41, 5.74) is 0.713. The molecule has 6 heteroatoms. The molecule has 96 valence electrons. The van der Waals surface area contributed by atoms with Crippen molar-refractivity contribution in [3.63, 3.8) is 0 Å². The van der Waals surface area contributed by atoms with Crippen molar-refractivity contribution in [2.24, 2.45) is 0 Å². The lowest BCUT2D eigenvalue weighted by atomic mass is 10.2. The number of hydrogen-bond donors (Lipinski definition) is 3. The van der Waals surface area contributed by atoms with Gasteiger partial charge in [0.2, 0.25) is 0 Å². The van der Waals surface area contributed by atoms with E-state index in [1.165, 1.54) is 13.2 Å². The number of phenols is 1. The lowest BCUT2D eigenvalue weighted by molar-refractivity contribution is -0.00340. The van der Waals surface area contributed by atoms with E-state index >= 15 is 0 Å². The van der Waals surface area contributed by atoms with Gasteiger partial charge in [0.05, 0.1) is 7.11 Å². The van der Waals surface area contributed by atoms with Crippen LogP contribution in [0.25, 0.3) is 0 Å². The van der Waals surface area contributed by atoms with Gasteiger partial charge in [0.1, 0.15) is 6.10 Å². The van der Waals surface area contributed by atoms with Gasteiger partial charge < -0.3 is 20.3 Å². The van der Waals surface area contributed by atoms with Crippen molar-refractivity contribution in [2.75, 3.05) is 13.7 Å². The van der Waals surface area contributed by atoms with Crippen molar-refractivity contribution in [2.45, 2.75) is 19.1 Å². The zero-order valence-electron chi connectivity index (χ0n) is 9.36. The minimum atomic E-state index is -2.76. The molecule has 0 fully saturated rings. The normalized spacial score (nSPS) is 12.8. The first-order chi connectivity index (χ1) is 8.04. The predicted octanol–water partition coefficient (Wildman–Crippen LogP) is 1.12. The highest BCUT2D eigenvalue weighted by molar-refractivity contribution is 5.41. The SMILES string of the molecule is COc1ccc(CNCC(O)C(F)F)cc1O. The maximum absolute atomic E-state index is 12.0. The van der Waals surface area contributed by atoms with Crippen LogP contribution in [0, 0.1) is 0 Å². The summed E-state index contributed by atoms with van der Waals surface area (Å²) in [6, 6.07) is 4.75. The summed E-state index contributed by atoms with van der Waals surface area (Å²) in [7, 11) is 1.44. The van der Waals surface area contributed by atoms with E-state index in [4.69, 9.17) is 9.84 Å². The topological polar surface area (TPSA) is 61.7 Å². The minimum Gasteiger partial charge on any atom is -0.504 e. The van der Waals surface area contributed by atoms with Crippen LogP contribution in [0.4, 0.5) is 8.78 Å². The second-order valence-corrected chi connectivity index (χ2v) is 3.54. The predicted molar refractivity (Wildman–Crippen MR) is 58.4 cm³/mol. The summed E-state index contributed by atoms with van der Waals surface area (Å²) in [5, 5.41) is 21.0. The van der Waals surface area contributed by atoms with Crippen LogP contribution in [0.15, 0.2) is 18.2 Å². The summed E-state index contributed by atoms with van der Waals surface area (Å²) in [4.78, 5) is 0. The lowest BCUT2D eigenvalue weighted by Gasteiger charge is -2.11. The molecule has 1 unspecified atom stereocenters. The zero-order valence-corrected chi connectivity index (χ0v) is 9.36. The van der Waals surface area contributed by atoms with Crippen LogP contribution in [0.1, 0.15) is 5.56 Å². The molecule has 1 atom stereocenters. The van der Waals surface area contributed by atoms with Crippen LogP contribution in [-0.4, -0.2) is 36.4 Å². The quantitative estimate of drug-likeness (QED) is 0.705. The monoisotopic (exact) mass is 247 g/mol. The van der Waals surface area contributed by atoms with E-state index in [1.54, 1.807) is 12.1 Å². The maximum atomic E-state index is 12.0. The Labute approximate surface area is 97.8 Å². The largest absolute Gasteiger partial charge is 0.504 e. The zero-order chi connectivity index (χ0) is 12.8. The average Bonchev–Trinajstić information content (AvgIpc) is 2.29. The molecular formula is C11H15F2NO3. The summed E-state index contributed by atoms with van der Waals surface area (Å²) in [6.45, 7) is 0.0752. The van der Waals surface area contributed by atoms with Crippen LogP contribution < -0.4 is 10.1 Å². The molecule has 0 aliphatic rings. The number of aliphatic hydroxyl groups excluding tert-OH is 1. The number of hydrogen-bond acceptors (Lipinski definition) is 4. The number of rotatable bonds is 6. The van der Waals surface area contributed by atoms with Gasteiger partial charge in [-0.3, -0.25) is 0 Å². The fraction of sp³-hybridized carbons (Fsp3) is 0.455. The van der Waals surface area contributed by atoms with Gasteiger partial charge in [0.25, 0.3) is 6.43 Å². The smallest absolute Gasteiger partial charge is 0.265 e. The summed E-state index contributed by atoms with van der Waals surface area (Å²) >= 11 is 0. The van der Waals surface area contributed by atoms with E-state index in [0.29, 0.717) is 11.3 Å². The third kappa shape index (κ3) is 4.16. The molecule has 0 heterocycles. The Hall–Kier alpha value is -1.40. The van der Waals surface area contributed by atoms with Crippen molar-refractivity contribution >= 4 is 0 Å². The number of halogens is 2. The van der Waals surface area contributed by atoms with Crippen LogP contribution in [-0.2, 0) is 6.54 Å². The Bertz CT molecular complexity index is 361. The molecule has 1 rings (SSSR count). The molecule has 3 N–H and O–H groups in total. The third-order valence-corrected chi connectivity index (χ3v) is 2.22. The first-order valence-corrected chi connectivity index (χ1v) is 5.07. The number of alkyl halides is 2. The van der Waals surface area contributed by atoms with E-state index in [1.807, 2.05) is 0 Å². The Morgan fingerprint density at radius 1 is 1.41 bits per heavy atom. The molecule has 4 nitrogen and oxygen atoms in total. The molecule has 0 bridgehead atoms. The highest BCUT2D eigenvalue weighted by atomic mass is 19.3. The number of ether oxygens (including phenoxy) is 1. The fourth-order valence-corrected chi connectivity index (χ4v) is 1.30. The van der Waals surface area contributed by atoms with Gasteiger partial charge in [-0.15, -0.1) is 0 Å². The van der Waals surface area contributed by atoms with Crippen LogP contribution in [0.5, 0.6) is 11.5 Å². The minimum absolute atomic E-state index is 0.0128. The van der Waals surface area contributed by atoms with Gasteiger partial charge in [-0.1, -0.05) is 6.07 Å². The summed E-state index contributed by atoms with van der Waals surface area (Å²) < 4.78 is 28.8. The number of methoxy groups -OCH3 is 1. The van der Waals surface area contributed by atoms with Crippen LogP contribution >= 0.6 is 0 Å². The Morgan fingerprint density at radius 3 is 2.65 bits per heavy atom. The first kappa shape index (κ1) is 13.7. The van der Waals surface area contributed by atoms with E-state index in [2.05, 4.69) is 5.32 Å². The molecule has 0 aliphatic carbocycles. The Balaban J connectivity index is 2.45. The molecule has 1 aromatic carbocycles. The molecule has 0 saturated carbocycles. The number of benzene rings is 1. The molecule has 0 spiro atoms. The highest BCUT2D eigenvalue weighted by Gasteiger charge is 2.15. The third-order valence-electron chi connectivity index (χ3n) is 2.22. The second kappa shape index (κ2) is 6.36. The van der Waals surface area contributed by atoms with Crippen molar-refractivity contribution in [1.82, 2.24) is 5.32 Å². The molecule has 1 aromatic rings. The van der Waals surface area contributed by atoms with Gasteiger partial charge in [-0.05, 0) is 17.7 Å². The van der Waals surface area contributed by atoms with E-state index < -0.39 is 12.5 Å². The van der Waals surface area contributed by atoms with Crippen LogP contribution in [0.3, 0.4) is 0 Å². The number of aromatic hydroxyl groups is 1. The van der Waals surface area contributed by atoms with Crippen molar-refractivity contribution in [1.29, 1.82) is 0 Å². The maximum Gasteiger partial charge on any atom is 0.265 e. The van der Waals surface area contributed by atoms with Crippen LogP contribution in [0.2, 0.25) is 0 Å². The van der Waals surface area contributed by atoms with Crippen molar-refractivity contribution in [3.8, 4) is 11.5 Å². The van der Waals surface area contributed by atoms with Crippen molar-refractivity contribution in [3.05, 3.63) is 23.8 Å². The lowest BCUT2D eigenvalue weighted by Crippen LogP contribution is -2.31. The standard InChI is InChI=1S/C11H15F2NO3/c1-17-10-3-2-7(4-8(10)15)5-14-6-9(16)11(12)13/h2-4,9,11,14-16H,5-6H2,1H3. The van der Waals surface area contributed by atoms with Gasteiger partial charge in [-0.2, -0.15) is 0 Å². The molecular weight excluding hydrogens is 232 g/mol. The summed E-state index contributed by atoms with van der Waals surface area (Å²) in [6.07, 6.45) is -4.44. The molecule has 0 aromatic heterocycles. The Kier molecular flexibility index (Phi) is 5.11. The molecule has 17 heavy (non-hydrogen) atoms. The number of phenolic OH excluding ortho intramolecular Hbond substituents is 1. The van der Waals surface area contributed by atoms with E-state index in [0.717, 1.165) is 0 Å². The second-order valence-electron chi connectivity index (χ2n) is 3.54. The first-order valence-electron chi connectivity index (χ1n) is 5.07. The molecule has 0 aliphatic heterocycles. The number of aliphatic hydroxyl groups is 1. The fourth-order valence-electron chi connectivity index (χ4n) is 1.30. The van der Waals surface area contributed by atoms with Crippen molar-refractivity contribution < 1.29 is 23.7 Å². The van der Waals surface area contributed by atoms with Gasteiger partial charge >= 0.3 is 0 Å². The van der Waals surface area contributed by atoms with E-state index in [9.17, 15) is 13.9 Å².